The molecular formula is C10H19NO2. The number of hydrogen-bond acceptors (Lipinski definition) is 3. The van der Waals surface area contributed by atoms with Crippen LogP contribution in [-0.4, -0.2) is 37.6 Å². The summed E-state index contributed by atoms with van der Waals surface area (Å²) >= 11 is 0. The minimum Gasteiger partial charge on any atom is -0.468 e. The lowest BCUT2D eigenvalue weighted by Gasteiger charge is -2.31. The maximum atomic E-state index is 11.0. The van der Waals surface area contributed by atoms with Gasteiger partial charge in [0.2, 0.25) is 0 Å². The SMILES string of the molecule is CCN(CC(=O)OC)CC1CCC1. The van der Waals surface area contributed by atoms with Crippen LogP contribution in [0.2, 0.25) is 0 Å². The number of hydrogen-bond donors (Lipinski definition) is 0. The zero-order valence-electron chi connectivity index (χ0n) is 8.58. The van der Waals surface area contributed by atoms with E-state index in [0.29, 0.717) is 6.54 Å². The average molecular weight is 185 g/mol. The molecule has 0 bridgehead atoms. The van der Waals surface area contributed by atoms with E-state index >= 15 is 0 Å². The summed E-state index contributed by atoms with van der Waals surface area (Å²) in [5.74, 6) is 0.700. The molecule has 0 amide bonds. The highest BCUT2D eigenvalue weighted by Gasteiger charge is 2.21. The molecule has 0 unspecified atom stereocenters. The van der Waals surface area contributed by atoms with Crippen LogP contribution >= 0.6 is 0 Å². The van der Waals surface area contributed by atoms with Crippen LogP contribution < -0.4 is 0 Å². The van der Waals surface area contributed by atoms with Crippen molar-refractivity contribution in [2.75, 3.05) is 26.7 Å². The predicted molar refractivity (Wildman–Crippen MR) is 51.5 cm³/mol. The quantitative estimate of drug-likeness (QED) is 0.604. The molecule has 3 heteroatoms. The largest absolute Gasteiger partial charge is 0.468 e. The van der Waals surface area contributed by atoms with Crippen molar-refractivity contribution in [2.45, 2.75) is 26.2 Å². The molecule has 76 valence electrons. The van der Waals surface area contributed by atoms with E-state index in [-0.39, 0.29) is 5.97 Å². The highest BCUT2D eigenvalue weighted by atomic mass is 16.5. The van der Waals surface area contributed by atoms with Crippen LogP contribution in [0.5, 0.6) is 0 Å². The normalized spacial score (nSPS) is 17.2. The van der Waals surface area contributed by atoms with Crippen LogP contribution in [0, 0.1) is 5.92 Å². The number of carbonyl (C=O) groups excluding carboxylic acids is 1. The minimum absolute atomic E-state index is 0.124. The summed E-state index contributed by atoms with van der Waals surface area (Å²) in [5, 5.41) is 0. The summed E-state index contributed by atoms with van der Waals surface area (Å²) in [6, 6.07) is 0. The van der Waals surface area contributed by atoms with Crippen LogP contribution in [0.25, 0.3) is 0 Å². The topological polar surface area (TPSA) is 29.5 Å². The van der Waals surface area contributed by atoms with E-state index in [1.165, 1.54) is 26.4 Å². The first-order valence-corrected chi connectivity index (χ1v) is 5.05. The van der Waals surface area contributed by atoms with Crippen molar-refractivity contribution in [1.29, 1.82) is 0 Å². The summed E-state index contributed by atoms with van der Waals surface area (Å²) in [4.78, 5) is 13.2. The molecule has 0 saturated heterocycles. The Morgan fingerprint density at radius 2 is 2.23 bits per heavy atom. The second kappa shape index (κ2) is 5.22. The summed E-state index contributed by atoms with van der Waals surface area (Å²) in [5.41, 5.74) is 0. The number of ether oxygens (including phenoxy) is 1. The molecule has 0 aromatic rings. The van der Waals surface area contributed by atoms with Crippen LogP contribution in [0.1, 0.15) is 26.2 Å². The fourth-order valence-corrected chi connectivity index (χ4v) is 1.59. The van der Waals surface area contributed by atoms with E-state index in [1.807, 2.05) is 0 Å². The number of rotatable bonds is 5. The highest BCUT2D eigenvalue weighted by molar-refractivity contribution is 5.71. The van der Waals surface area contributed by atoms with Gasteiger partial charge >= 0.3 is 5.97 Å². The molecule has 1 saturated carbocycles. The molecule has 0 aromatic carbocycles. The summed E-state index contributed by atoms with van der Waals surface area (Å²) in [6.45, 7) is 4.53. The van der Waals surface area contributed by atoms with Crippen molar-refractivity contribution in [1.82, 2.24) is 4.90 Å². The third-order valence-electron chi connectivity index (χ3n) is 2.77. The standard InChI is InChI=1S/C10H19NO2/c1-3-11(8-10(12)13-2)7-9-5-4-6-9/h9H,3-8H2,1-2H3. The first-order chi connectivity index (χ1) is 6.26. The summed E-state index contributed by atoms with van der Waals surface area (Å²) in [7, 11) is 1.44. The van der Waals surface area contributed by atoms with E-state index in [1.54, 1.807) is 0 Å². The highest BCUT2D eigenvalue weighted by Crippen LogP contribution is 2.26. The van der Waals surface area contributed by atoms with Crippen molar-refractivity contribution < 1.29 is 9.53 Å². The van der Waals surface area contributed by atoms with Gasteiger partial charge in [0.25, 0.3) is 0 Å². The van der Waals surface area contributed by atoms with E-state index in [0.717, 1.165) is 19.0 Å². The van der Waals surface area contributed by atoms with Gasteiger partial charge in [-0.25, -0.2) is 0 Å². The Hall–Kier alpha value is -0.570. The molecule has 3 nitrogen and oxygen atoms in total. The fourth-order valence-electron chi connectivity index (χ4n) is 1.59. The second-order valence-electron chi connectivity index (χ2n) is 3.70. The summed E-state index contributed by atoms with van der Waals surface area (Å²) < 4.78 is 4.64. The monoisotopic (exact) mass is 185 g/mol. The van der Waals surface area contributed by atoms with Gasteiger partial charge in [0.05, 0.1) is 13.7 Å². The van der Waals surface area contributed by atoms with E-state index in [2.05, 4.69) is 16.6 Å². The van der Waals surface area contributed by atoms with Gasteiger partial charge in [-0.1, -0.05) is 13.3 Å². The third kappa shape index (κ3) is 3.35. The van der Waals surface area contributed by atoms with Gasteiger partial charge in [0.15, 0.2) is 0 Å². The predicted octanol–water partition coefficient (Wildman–Crippen LogP) is 1.28. The van der Waals surface area contributed by atoms with Crippen molar-refractivity contribution in [3.05, 3.63) is 0 Å². The molecule has 0 aliphatic heterocycles. The lowest BCUT2D eigenvalue weighted by atomic mass is 9.85. The molecule has 1 aliphatic rings. The molecule has 0 aromatic heterocycles. The second-order valence-corrected chi connectivity index (χ2v) is 3.70. The van der Waals surface area contributed by atoms with E-state index in [9.17, 15) is 4.79 Å². The Morgan fingerprint density at radius 1 is 1.54 bits per heavy atom. The lowest BCUT2D eigenvalue weighted by molar-refractivity contribution is -0.142. The molecule has 13 heavy (non-hydrogen) atoms. The van der Waals surface area contributed by atoms with Gasteiger partial charge in [0, 0.05) is 6.54 Å². The molecule has 0 N–H and O–H groups in total. The fraction of sp³-hybridized carbons (Fsp3) is 0.900. The van der Waals surface area contributed by atoms with Gasteiger partial charge < -0.3 is 4.74 Å². The number of methoxy groups -OCH3 is 1. The summed E-state index contributed by atoms with van der Waals surface area (Å²) in [6.07, 6.45) is 4.02. The van der Waals surface area contributed by atoms with Gasteiger partial charge in [-0.05, 0) is 25.3 Å². The van der Waals surface area contributed by atoms with E-state index < -0.39 is 0 Å². The number of carbonyl (C=O) groups is 1. The molecule has 1 rings (SSSR count). The van der Waals surface area contributed by atoms with E-state index in [4.69, 9.17) is 0 Å². The van der Waals surface area contributed by atoms with Crippen molar-refractivity contribution in [3.8, 4) is 0 Å². The Labute approximate surface area is 80.1 Å². The number of nitrogens with zero attached hydrogens (tertiary/aromatic N) is 1. The van der Waals surface area contributed by atoms with Crippen molar-refractivity contribution in [3.63, 3.8) is 0 Å². The third-order valence-corrected chi connectivity index (χ3v) is 2.77. The Bertz CT molecular complexity index is 166. The molecule has 0 spiro atoms. The number of likely N-dealkylation sites (N-methyl/N-ethyl adjacent to an activating group) is 1. The number of esters is 1. The Kier molecular flexibility index (Phi) is 4.22. The van der Waals surface area contributed by atoms with Gasteiger partial charge in [-0.3, -0.25) is 9.69 Å². The first kappa shape index (κ1) is 10.5. The van der Waals surface area contributed by atoms with Gasteiger partial charge in [-0.15, -0.1) is 0 Å². The molecule has 1 aliphatic carbocycles. The Balaban J connectivity index is 2.20. The van der Waals surface area contributed by atoms with Gasteiger partial charge in [-0.2, -0.15) is 0 Å². The minimum atomic E-state index is -0.124. The van der Waals surface area contributed by atoms with Crippen molar-refractivity contribution in [2.24, 2.45) is 5.92 Å². The molecule has 1 fully saturated rings. The first-order valence-electron chi connectivity index (χ1n) is 5.05. The molecular weight excluding hydrogens is 166 g/mol. The molecule has 0 heterocycles. The average Bonchev–Trinajstić information content (AvgIpc) is 2.08. The van der Waals surface area contributed by atoms with Crippen molar-refractivity contribution >= 4 is 5.97 Å². The maximum Gasteiger partial charge on any atom is 0.319 e. The molecule has 0 radical (unpaired) electrons. The molecule has 0 atom stereocenters. The zero-order valence-corrected chi connectivity index (χ0v) is 8.58. The zero-order chi connectivity index (χ0) is 9.68. The lowest BCUT2D eigenvalue weighted by Crippen LogP contribution is -2.36. The smallest absolute Gasteiger partial charge is 0.319 e. The van der Waals surface area contributed by atoms with Crippen LogP contribution in [0.4, 0.5) is 0 Å². The Morgan fingerprint density at radius 3 is 2.62 bits per heavy atom. The van der Waals surface area contributed by atoms with Gasteiger partial charge in [0.1, 0.15) is 0 Å². The maximum absolute atomic E-state index is 11.0. The van der Waals surface area contributed by atoms with Crippen LogP contribution in [0.3, 0.4) is 0 Å². The van der Waals surface area contributed by atoms with Crippen LogP contribution in [-0.2, 0) is 9.53 Å². The van der Waals surface area contributed by atoms with Crippen LogP contribution in [0.15, 0.2) is 0 Å².